The van der Waals surface area contributed by atoms with E-state index in [4.69, 9.17) is 0 Å². The Morgan fingerprint density at radius 1 is 0.167 bits per heavy atom. The van der Waals surface area contributed by atoms with Crippen molar-refractivity contribution in [1.29, 1.82) is 0 Å². The molecular weight excluding hydrogens is 1380 g/mol. The number of fused-ring (bicyclic) bond motifs is 18. The summed E-state index contributed by atoms with van der Waals surface area (Å²) >= 11 is 0. The molecule has 3 heterocycles. The van der Waals surface area contributed by atoms with Gasteiger partial charge in [0.25, 0.3) is 0 Å². The summed E-state index contributed by atoms with van der Waals surface area (Å²) in [6.07, 6.45) is 1.93. The second kappa shape index (κ2) is 26.6. The molecule has 21 aromatic rings. The Morgan fingerprint density at radius 3 is 1.05 bits per heavy atom. The minimum atomic E-state index is 0.187. The molecule has 1 unspecified atom stereocenters. The van der Waals surface area contributed by atoms with Crippen LogP contribution in [0.3, 0.4) is 0 Å². The lowest BCUT2D eigenvalue weighted by molar-refractivity contribution is 1.02. The third-order valence-electron chi connectivity index (χ3n) is 24.6. The maximum absolute atomic E-state index is 2.48. The summed E-state index contributed by atoms with van der Waals surface area (Å²) < 4.78 is 7.37. The topological polar surface area (TPSA) is 14.8 Å². The van der Waals surface area contributed by atoms with Gasteiger partial charge in [0.2, 0.25) is 0 Å². The first-order valence-corrected chi connectivity index (χ1v) is 39.8. The molecule has 0 saturated carbocycles. The quantitative estimate of drug-likeness (QED) is 0.130. The molecule has 0 fully saturated rings. The van der Waals surface area contributed by atoms with Gasteiger partial charge in [0.05, 0.1) is 33.1 Å². The standard InChI is InChI=1S/C56H37N.C55H36N2/c1-3-13-36(14-4-1)38-18-11-20-43(29-38)56-48-24-10-9-23-47(48)51-32-40(25-27-49(51)56)41-26-28-54-52(33-41)53-34-44-30-42-17-7-8-22-46(42)50(44)35-55(53)57(54)45-21-12-19-39(31-45)37-15-5-2-6-16-37;1-3-13-36(14-4-1)38-18-11-20-44(30-38)56-52-24-10-9-23-47(52)49-32-40(25-27-53(49)56)41-26-28-54-50(33-41)51-35-48-43(29-42-17-7-8-22-46(42)48)34-55(51)57(54)45-21-12-19-39(31-45)37-15-5-2-6-16-37/h1-29,31-35,56H,30H2;1-28,30-35H,29H2. The lowest BCUT2D eigenvalue weighted by Crippen LogP contribution is -1.99. The van der Waals surface area contributed by atoms with Crippen molar-refractivity contribution in [1.82, 2.24) is 13.7 Å². The zero-order valence-electron chi connectivity index (χ0n) is 62.6. The van der Waals surface area contributed by atoms with Crippen LogP contribution in [-0.4, -0.2) is 13.7 Å². The van der Waals surface area contributed by atoms with Crippen LogP contribution in [-0.2, 0) is 12.8 Å². The number of benzene rings is 18. The molecule has 3 aliphatic rings. The number of hydrogen-bond donors (Lipinski definition) is 0. The molecular formula is C111H73N3. The van der Waals surface area contributed by atoms with Crippen LogP contribution < -0.4 is 0 Å². The van der Waals surface area contributed by atoms with Gasteiger partial charge in [-0.15, -0.1) is 0 Å². The lowest BCUT2D eigenvalue weighted by Gasteiger charge is -2.16. The van der Waals surface area contributed by atoms with Gasteiger partial charge in [-0.2, -0.15) is 0 Å². The SMILES string of the molecule is c1ccc(-c2cccc(-n3c4ccccc4c4cc(-c5ccc6c(c5)c5cc7c(cc5n6-c5cccc(-c6ccccc6)c5)Cc5ccccc5-7)ccc43)c2)cc1.c1ccc(-c2cccc(C3c4ccccc4-c4cc(-c5ccc6c(c5)c5cc7c(cc5n6-c5cccc(-c6ccccc6)c5)-c5ccccc5C7)ccc43)c2)cc1. The van der Waals surface area contributed by atoms with Crippen molar-refractivity contribution in [2.24, 2.45) is 0 Å². The third kappa shape index (κ3) is 10.8. The highest BCUT2D eigenvalue weighted by atomic mass is 15.0. The van der Waals surface area contributed by atoms with Crippen molar-refractivity contribution >= 4 is 65.4 Å². The minimum absolute atomic E-state index is 0.187. The number of para-hydroxylation sites is 1. The zero-order valence-corrected chi connectivity index (χ0v) is 62.6. The van der Waals surface area contributed by atoms with E-state index in [1.54, 1.807) is 0 Å². The van der Waals surface area contributed by atoms with E-state index in [9.17, 15) is 0 Å². The van der Waals surface area contributed by atoms with Crippen LogP contribution in [0.5, 0.6) is 0 Å². The van der Waals surface area contributed by atoms with Crippen molar-refractivity contribution in [2.75, 3.05) is 0 Å². The predicted octanol–water partition coefficient (Wildman–Crippen LogP) is 29.0. The van der Waals surface area contributed by atoms with Gasteiger partial charge >= 0.3 is 0 Å². The smallest absolute Gasteiger partial charge is 0.0547 e. The minimum Gasteiger partial charge on any atom is -0.309 e. The molecule has 0 spiro atoms. The molecule has 0 amide bonds. The second-order valence-corrected chi connectivity index (χ2v) is 31.0. The van der Waals surface area contributed by atoms with Gasteiger partial charge in [-0.3, -0.25) is 0 Å². The molecule has 0 bridgehead atoms. The van der Waals surface area contributed by atoms with E-state index < -0.39 is 0 Å². The highest BCUT2D eigenvalue weighted by Gasteiger charge is 2.32. The third-order valence-corrected chi connectivity index (χ3v) is 24.6. The summed E-state index contributed by atoms with van der Waals surface area (Å²) in [6, 6.07) is 153. The van der Waals surface area contributed by atoms with Crippen LogP contribution in [0.25, 0.3) is 183 Å². The van der Waals surface area contributed by atoms with Crippen LogP contribution in [0.1, 0.15) is 44.9 Å². The van der Waals surface area contributed by atoms with E-state index in [2.05, 4.69) is 426 Å². The molecule has 3 heteroatoms. The van der Waals surface area contributed by atoms with E-state index in [1.807, 2.05) is 0 Å². The van der Waals surface area contributed by atoms with Crippen LogP contribution in [0.4, 0.5) is 0 Å². The first-order chi connectivity index (χ1) is 56.5. The van der Waals surface area contributed by atoms with Crippen LogP contribution in [0.2, 0.25) is 0 Å². The van der Waals surface area contributed by atoms with Crippen LogP contribution >= 0.6 is 0 Å². The van der Waals surface area contributed by atoms with Crippen molar-refractivity contribution in [3.63, 3.8) is 0 Å². The molecule has 18 aromatic carbocycles. The molecule has 532 valence electrons. The predicted molar refractivity (Wildman–Crippen MR) is 478 cm³/mol. The first-order valence-electron chi connectivity index (χ1n) is 39.8. The normalized spacial score (nSPS) is 12.9. The Labute approximate surface area is 662 Å². The van der Waals surface area contributed by atoms with Gasteiger partial charge in [0.15, 0.2) is 0 Å². The van der Waals surface area contributed by atoms with Crippen LogP contribution in [0, 0.1) is 0 Å². The van der Waals surface area contributed by atoms with E-state index in [-0.39, 0.29) is 5.92 Å². The summed E-state index contributed by atoms with van der Waals surface area (Å²) in [5, 5.41) is 7.63. The van der Waals surface area contributed by atoms with E-state index in [0.717, 1.165) is 18.5 Å². The highest BCUT2D eigenvalue weighted by Crippen LogP contribution is 2.52. The van der Waals surface area contributed by atoms with Gasteiger partial charge in [0, 0.05) is 55.3 Å². The molecule has 0 radical (unpaired) electrons. The Hall–Kier alpha value is -14.6. The molecule has 0 aliphatic heterocycles. The van der Waals surface area contributed by atoms with Gasteiger partial charge in [0.1, 0.15) is 0 Å². The summed E-state index contributed by atoms with van der Waals surface area (Å²) in [7, 11) is 0. The van der Waals surface area contributed by atoms with Gasteiger partial charge in [-0.25, -0.2) is 0 Å². The monoisotopic (exact) mass is 1450 g/mol. The van der Waals surface area contributed by atoms with Crippen molar-refractivity contribution in [3.05, 3.63) is 451 Å². The average molecular weight is 1450 g/mol. The van der Waals surface area contributed by atoms with Crippen molar-refractivity contribution in [3.8, 4) is 117 Å². The second-order valence-electron chi connectivity index (χ2n) is 31.0. The fourth-order valence-electron chi connectivity index (χ4n) is 19.3. The summed E-state index contributed by atoms with van der Waals surface area (Å²) in [5.41, 5.74) is 43.3. The molecule has 3 aromatic heterocycles. The van der Waals surface area contributed by atoms with E-state index in [0.29, 0.717) is 0 Å². The van der Waals surface area contributed by atoms with Crippen molar-refractivity contribution in [2.45, 2.75) is 18.8 Å². The molecule has 114 heavy (non-hydrogen) atoms. The van der Waals surface area contributed by atoms with Gasteiger partial charge in [-0.05, 0) is 261 Å². The maximum Gasteiger partial charge on any atom is 0.0547 e. The molecule has 0 saturated heterocycles. The molecule has 3 aliphatic carbocycles. The summed E-state index contributed by atoms with van der Waals surface area (Å²) in [4.78, 5) is 0. The first kappa shape index (κ1) is 65.3. The van der Waals surface area contributed by atoms with Gasteiger partial charge < -0.3 is 13.7 Å². The fourth-order valence-corrected chi connectivity index (χ4v) is 19.3. The van der Waals surface area contributed by atoms with Gasteiger partial charge in [-0.1, -0.05) is 303 Å². The molecule has 24 rings (SSSR count). The van der Waals surface area contributed by atoms with Crippen molar-refractivity contribution < 1.29 is 0 Å². The van der Waals surface area contributed by atoms with E-state index in [1.165, 1.54) is 216 Å². The number of nitrogens with zero attached hydrogens (tertiary/aromatic N) is 3. The Kier molecular flexibility index (Phi) is 15.2. The highest BCUT2D eigenvalue weighted by molar-refractivity contribution is 6.15. The number of rotatable bonds is 10. The van der Waals surface area contributed by atoms with Crippen LogP contribution in [0.15, 0.2) is 413 Å². The Bertz CT molecular complexity index is 7460. The van der Waals surface area contributed by atoms with E-state index >= 15 is 0 Å². The fraction of sp³-hybridized carbons (Fsp3) is 0.0270. The number of hydrogen-bond acceptors (Lipinski definition) is 0. The average Bonchev–Trinajstić information content (AvgIpc) is 1.58. The summed E-state index contributed by atoms with van der Waals surface area (Å²) in [6.45, 7) is 0. The lowest BCUT2D eigenvalue weighted by atomic mass is 9.87. The largest absolute Gasteiger partial charge is 0.309 e. The Balaban J connectivity index is 0.000000135. The molecule has 1 atom stereocenters. The molecule has 0 N–H and O–H groups in total. The summed E-state index contributed by atoms with van der Waals surface area (Å²) in [5.74, 6) is 0.187. The maximum atomic E-state index is 2.48. The zero-order chi connectivity index (χ0) is 74.9. The molecule has 3 nitrogen and oxygen atoms in total. The number of aromatic nitrogens is 3. The Morgan fingerprint density at radius 2 is 0.518 bits per heavy atom.